The van der Waals surface area contributed by atoms with Crippen LogP contribution in [-0.4, -0.2) is 23.1 Å². The van der Waals surface area contributed by atoms with Crippen LogP contribution in [0.25, 0.3) is 10.9 Å². The molecule has 0 amide bonds. The lowest BCUT2D eigenvalue weighted by Crippen LogP contribution is -2.20. The fourth-order valence-electron chi connectivity index (χ4n) is 3.31. The molecular formula is C21H20N4O. The van der Waals surface area contributed by atoms with Gasteiger partial charge in [0.1, 0.15) is 24.0 Å². The summed E-state index contributed by atoms with van der Waals surface area (Å²) < 4.78 is 5.92. The van der Waals surface area contributed by atoms with Crippen molar-refractivity contribution in [2.24, 2.45) is 0 Å². The Hall–Kier alpha value is -3.13. The predicted molar refractivity (Wildman–Crippen MR) is 101 cm³/mol. The van der Waals surface area contributed by atoms with E-state index in [2.05, 4.69) is 27.0 Å². The van der Waals surface area contributed by atoms with Crippen molar-refractivity contribution in [2.45, 2.75) is 26.4 Å². The van der Waals surface area contributed by atoms with E-state index in [0.717, 1.165) is 46.9 Å². The molecule has 3 aromatic rings. The summed E-state index contributed by atoms with van der Waals surface area (Å²) in [6, 6.07) is 15.6. The van der Waals surface area contributed by atoms with Gasteiger partial charge in [0, 0.05) is 24.5 Å². The van der Waals surface area contributed by atoms with E-state index < -0.39 is 0 Å². The molecule has 5 nitrogen and oxygen atoms in total. The Balaban J connectivity index is 1.57. The summed E-state index contributed by atoms with van der Waals surface area (Å²) >= 11 is 0. The summed E-state index contributed by atoms with van der Waals surface area (Å²) in [6.07, 6.45) is 2.44. The highest BCUT2D eigenvalue weighted by Crippen LogP contribution is 2.29. The lowest BCUT2D eigenvalue weighted by Gasteiger charge is -2.19. The molecule has 0 unspecified atom stereocenters. The van der Waals surface area contributed by atoms with Gasteiger partial charge in [0.2, 0.25) is 0 Å². The minimum absolute atomic E-state index is 0.459. The number of rotatable bonds is 4. The first-order valence-electron chi connectivity index (χ1n) is 8.88. The molecular weight excluding hydrogens is 324 g/mol. The summed E-state index contributed by atoms with van der Waals surface area (Å²) in [5.41, 5.74) is 2.60. The molecule has 130 valence electrons. The number of fused-ring (bicyclic) bond motifs is 1. The van der Waals surface area contributed by atoms with Gasteiger partial charge in [-0.3, -0.25) is 0 Å². The van der Waals surface area contributed by atoms with E-state index >= 15 is 0 Å². The van der Waals surface area contributed by atoms with Gasteiger partial charge >= 0.3 is 0 Å². The van der Waals surface area contributed by atoms with E-state index in [9.17, 15) is 0 Å². The lowest BCUT2D eigenvalue weighted by molar-refractivity contribution is 0.306. The number of benzene rings is 2. The second-order valence-corrected chi connectivity index (χ2v) is 6.56. The molecule has 0 atom stereocenters. The van der Waals surface area contributed by atoms with Crippen LogP contribution in [0.1, 0.15) is 29.8 Å². The van der Waals surface area contributed by atoms with Crippen LogP contribution in [0.15, 0.2) is 42.5 Å². The third-order valence-electron chi connectivity index (χ3n) is 4.65. The summed E-state index contributed by atoms with van der Waals surface area (Å²) in [5.74, 6) is 2.60. The Kier molecular flexibility index (Phi) is 4.40. The Labute approximate surface area is 152 Å². The lowest BCUT2D eigenvalue weighted by atomic mass is 10.1. The standard InChI is InChI=1S/C21H20N4O/c1-15-23-20-12-18(26-14-17-6-4-16(13-22)5-7-17)8-9-19(20)21(24-15)25-10-2-3-11-25/h4-9,12H,2-3,10-11,14H2,1H3. The highest BCUT2D eigenvalue weighted by molar-refractivity contribution is 5.90. The smallest absolute Gasteiger partial charge is 0.140 e. The maximum atomic E-state index is 8.86. The van der Waals surface area contributed by atoms with Crippen LogP contribution in [0, 0.1) is 18.3 Å². The highest BCUT2D eigenvalue weighted by Gasteiger charge is 2.17. The quantitative estimate of drug-likeness (QED) is 0.716. The SMILES string of the molecule is Cc1nc(N2CCCC2)c2ccc(OCc3ccc(C#N)cc3)cc2n1. The first kappa shape index (κ1) is 16.3. The second kappa shape index (κ2) is 7.01. The average molecular weight is 344 g/mol. The minimum atomic E-state index is 0.459. The fraction of sp³-hybridized carbons (Fsp3) is 0.286. The Bertz CT molecular complexity index is 970. The number of aromatic nitrogens is 2. The number of ether oxygens (including phenoxy) is 1. The normalized spacial score (nSPS) is 13.8. The average Bonchev–Trinajstić information content (AvgIpc) is 3.20. The Morgan fingerprint density at radius 3 is 2.58 bits per heavy atom. The summed E-state index contributed by atoms with van der Waals surface area (Å²) in [7, 11) is 0. The molecule has 0 N–H and O–H groups in total. The monoisotopic (exact) mass is 344 g/mol. The molecule has 1 aliphatic heterocycles. The largest absolute Gasteiger partial charge is 0.489 e. The Morgan fingerprint density at radius 2 is 1.85 bits per heavy atom. The molecule has 1 saturated heterocycles. The Morgan fingerprint density at radius 1 is 1.08 bits per heavy atom. The number of hydrogen-bond acceptors (Lipinski definition) is 5. The molecule has 26 heavy (non-hydrogen) atoms. The zero-order valence-corrected chi connectivity index (χ0v) is 14.8. The van der Waals surface area contributed by atoms with Gasteiger partial charge < -0.3 is 9.64 Å². The zero-order chi connectivity index (χ0) is 17.9. The van der Waals surface area contributed by atoms with Gasteiger partial charge in [0.25, 0.3) is 0 Å². The number of nitrogens with zero attached hydrogens (tertiary/aromatic N) is 4. The molecule has 1 aliphatic rings. The van der Waals surface area contributed by atoms with E-state index in [0.29, 0.717) is 12.2 Å². The van der Waals surface area contributed by atoms with Gasteiger partial charge in [0.15, 0.2) is 0 Å². The van der Waals surface area contributed by atoms with E-state index in [1.165, 1.54) is 12.8 Å². The van der Waals surface area contributed by atoms with Crippen molar-refractivity contribution in [3.63, 3.8) is 0 Å². The molecule has 1 fully saturated rings. The molecule has 2 heterocycles. The first-order valence-corrected chi connectivity index (χ1v) is 8.88. The number of anilines is 1. The van der Waals surface area contributed by atoms with Crippen molar-refractivity contribution >= 4 is 16.7 Å². The van der Waals surface area contributed by atoms with Crippen molar-refractivity contribution in [1.82, 2.24) is 9.97 Å². The van der Waals surface area contributed by atoms with Crippen molar-refractivity contribution in [3.05, 3.63) is 59.4 Å². The molecule has 0 radical (unpaired) electrons. The van der Waals surface area contributed by atoms with Crippen LogP contribution in [0.4, 0.5) is 5.82 Å². The number of aryl methyl sites for hydroxylation is 1. The van der Waals surface area contributed by atoms with Crippen molar-refractivity contribution in [3.8, 4) is 11.8 Å². The van der Waals surface area contributed by atoms with Gasteiger partial charge in [-0.2, -0.15) is 5.26 Å². The van der Waals surface area contributed by atoms with Crippen LogP contribution in [0.5, 0.6) is 5.75 Å². The molecule has 1 aromatic heterocycles. The fourth-order valence-corrected chi connectivity index (χ4v) is 3.31. The van der Waals surface area contributed by atoms with Gasteiger partial charge in [-0.15, -0.1) is 0 Å². The summed E-state index contributed by atoms with van der Waals surface area (Å²) in [5, 5.41) is 9.94. The summed E-state index contributed by atoms with van der Waals surface area (Å²) in [6.45, 7) is 4.51. The van der Waals surface area contributed by atoms with Crippen LogP contribution >= 0.6 is 0 Å². The van der Waals surface area contributed by atoms with Crippen molar-refractivity contribution in [2.75, 3.05) is 18.0 Å². The van der Waals surface area contributed by atoms with Gasteiger partial charge in [-0.25, -0.2) is 9.97 Å². The summed E-state index contributed by atoms with van der Waals surface area (Å²) in [4.78, 5) is 11.6. The molecule has 5 heteroatoms. The molecule has 2 aromatic carbocycles. The number of nitriles is 1. The molecule has 0 spiro atoms. The third-order valence-corrected chi connectivity index (χ3v) is 4.65. The van der Waals surface area contributed by atoms with Crippen LogP contribution in [0.2, 0.25) is 0 Å². The topological polar surface area (TPSA) is 62.0 Å². The number of hydrogen-bond donors (Lipinski definition) is 0. The van der Waals surface area contributed by atoms with Gasteiger partial charge in [-0.05, 0) is 49.6 Å². The first-order chi connectivity index (χ1) is 12.7. The van der Waals surface area contributed by atoms with E-state index in [1.54, 1.807) is 12.1 Å². The van der Waals surface area contributed by atoms with Gasteiger partial charge in [0.05, 0.1) is 17.1 Å². The van der Waals surface area contributed by atoms with Crippen LogP contribution < -0.4 is 9.64 Å². The van der Waals surface area contributed by atoms with E-state index in [4.69, 9.17) is 10.00 Å². The van der Waals surface area contributed by atoms with Crippen LogP contribution in [-0.2, 0) is 6.61 Å². The van der Waals surface area contributed by atoms with Crippen molar-refractivity contribution in [1.29, 1.82) is 5.26 Å². The predicted octanol–water partition coefficient (Wildman–Crippen LogP) is 3.99. The van der Waals surface area contributed by atoms with E-state index in [-0.39, 0.29) is 0 Å². The maximum Gasteiger partial charge on any atom is 0.140 e. The van der Waals surface area contributed by atoms with Gasteiger partial charge in [-0.1, -0.05) is 12.1 Å². The zero-order valence-electron chi connectivity index (χ0n) is 14.8. The molecule has 0 saturated carbocycles. The molecule has 0 aliphatic carbocycles. The van der Waals surface area contributed by atoms with Crippen molar-refractivity contribution < 1.29 is 4.74 Å². The van der Waals surface area contributed by atoms with Crippen LogP contribution in [0.3, 0.4) is 0 Å². The minimum Gasteiger partial charge on any atom is -0.489 e. The third kappa shape index (κ3) is 3.31. The highest BCUT2D eigenvalue weighted by atomic mass is 16.5. The maximum absolute atomic E-state index is 8.86. The molecule has 4 rings (SSSR count). The second-order valence-electron chi connectivity index (χ2n) is 6.56. The molecule has 0 bridgehead atoms. The van der Waals surface area contributed by atoms with E-state index in [1.807, 2.05) is 31.2 Å².